The van der Waals surface area contributed by atoms with Crippen LogP contribution in [0.1, 0.15) is 50.7 Å². The summed E-state index contributed by atoms with van der Waals surface area (Å²) < 4.78 is 60.3. The van der Waals surface area contributed by atoms with E-state index in [-0.39, 0.29) is 22.8 Å². The van der Waals surface area contributed by atoms with Gasteiger partial charge in [-0.25, -0.2) is 18.6 Å². The number of ether oxygens (including phenoxy) is 6. The number of rotatable bonds is 11. The molecule has 0 radical (unpaired) electrons. The summed E-state index contributed by atoms with van der Waals surface area (Å²) in [5, 5.41) is 2.38. The van der Waals surface area contributed by atoms with E-state index in [0.29, 0.717) is 6.07 Å². The minimum atomic E-state index is -1.58. The number of cyclic esters (lactones) is 2. The van der Waals surface area contributed by atoms with Gasteiger partial charge >= 0.3 is 23.9 Å². The van der Waals surface area contributed by atoms with Gasteiger partial charge in [-0.3, -0.25) is 19.2 Å². The van der Waals surface area contributed by atoms with Gasteiger partial charge in [0.1, 0.15) is 30.3 Å². The second kappa shape index (κ2) is 16.0. The fourth-order valence-corrected chi connectivity index (χ4v) is 4.24. The van der Waals surface area contributed by atoms with Gasteiger partial charge in [-0.15, -0.1) is 0 Å². The lowest BCUT2D eigenvalue weighted by Crippen LogP contribution is -2.47. The molecule has 0 bridgehead atoms. The number of benzene rings is 1. The topological polar surface area (TPSA) is 166 Å². The zero-order valence-corrected chi connectivity index (χ0v) is 26.2. The van der Waals surface area contributed by atoms with Crippen molar-refractivity contribution in [3.63, 3.8) is 0 Å². The van der Waals surface area contributed by atoms with Crippen LogP contribution in [-0.4, -0.2) is 73.5 Å². The Bertz CT molecular complexity index is 1450. The van der Waals surface area contributed by atoms with Crippen LogP contribution in [0.25, 0.3) is 0 Å². The highest BCUT2D eigenvalue weighted by Gasteiger charge is 2.42. The Morgan fingerprint density at radius 2 is 1.74 bits per heavy atom. The van der Waals surface area contributed by atoms with Crippen LogP contribution in [0.4, 0.5) is 8.78 Å². The number of nitrogens with one attached hydrogen (secondary N) is 1. The molecule has 2 heterocycles. The number of hydrogen-bond acceptors (Lipinski definition) is 12. The molecule has 1 fully saturated rings. The molecule has 0 spiro atoms. The lowest BCUT2D eigenvalue weighted by molar-refractivity contribution is -0.176. The molecule has 4 atom stereocenters. The van der Waals surface area contributed by atoms with E-state index in [9.17, 15) is 32.8 Å². The number of nitrogens with zero attached hydrogens (tertiary/aromatic N) is 1. The number of carbonyl (C=O) groups excluding carboxylic acids is 5. The van der Waals surface area contributed by atoms with Crippen LogP contribution in [0, 0.1) is 29.4 Å². The number of pyridine rings is 1. The van der Waals surface area contributed by atoms with Crippen LogP contribution in [-0.2, 0) is 44.5 Å². The number of halogens is 2. The highest BCUT2D eigenvalue weighted by molar-refractivity contribution is 5.98. The Kier molecular flexibility index (Phi) is 12.4. The van der Waals surface area contributed by atoms with Gasteiger partial charge in [0, 0.05) is 18.3 Å². The van der Waals surface area contributed by atoms with Gasteiger partial charge in [-0.1, -0.05) is 33.8 Å². The van der Waals surface area contributed by atoms with E-state index >= 15 is 0 Å². The Hall–Kier alpha value is -4.82. The van der Waals surface area contributed by atoms with Gasteiger partial charge in [-0.2, -0.15) is 0 Å². The summed E-state index contributed by atoms with van der Waals surface area (Å²) in [7, 11) is 1.30. The van der Waals surface area contributed by atoms with E-state index in [4.69, 9.17) is 28.4 Å². The number of carbonyl (C=O) groups is 5. The molecule has 0 saturated carbocycles. The van der Waals surface area contributed by atoms with Crippen molar-refractivity contribution in [2.24, 2.45) is 17.8 Å². The van der Waals surface area contributed by atoms with Crippen LogP contribution in [0.5, 0.6) is 11.5 Å². The summed E-state index contributed by atoms with van der Waals surface area (Å²) in [6.07, 6.45) is -1.87. The Morgan fingerprint density at radius 3 is 2.37 bits per heavy atom. The average molecular weight is 651 g/mol. The lowest BCUT2D eigenvalue weighted by Gasteiger charge is -2.29. The van der Waals surface area contributed by atoms with E-state index < -0.39 is 97.2 Å². The highest BCUT2D eigenvalue weighted by Crippen LogP contribution is 2.30. The van der Waals surface area contributed by atoms with Gasteiger partial charge in [0.25, 0.3) is 5.91 Å². The summed E-state index contributed by atoms with van der Waals surface area (Å²) in [6, 6.07) is 2.58. The molecule has 1 aromatic heterocycles. The Balaban J connectivity index is 1.88. The summed E-state index contributed by atoms with van der Waals surface area (Å²) >= 11 is 0. The molecular formula is C31H36F2N2O11. The van der Waals surface area contributed by atoms with E-state index in [2.05, 4.69) is 10.3 Å². The molecule has 250 valence electrons. The molecule has 3 rings (SSSR count). The molecule has 2 aromatic rings. The third kappa shape index (κ3) is 9.11. The first-order valence-electron chi connectivity index (χ1n) is 14.4. The van der Waals surface area contributed by atoms with Crippen molar-refractivity contribution in [2.75, 3.05) is 20.5 Å². The van der Waals surface area contributed by atoms with Crippen LogP contribution in [0.3, 0.4) is 0 Å². The zero-order chi connectivity index (χ0) is 34.1. The van der Waals surface area contributed by atoms with E-state index in [0.717, 1.165) is 12.1 Å². The smallest absolute Gasteiger partial charge is 0.332 e. The number of amides is 1. The van der Waals surface area contributed by atoms with Gasteiger partial charge in [0.2, 0.25) is 6.79 Å². The predicted octanol–water partition coefficient (Wildman–Crippen LogP) is 2.92. The molecule has 13 nitrogen and oxygen atoms in total. The standard InChI is InChI=1S/C31H36F2N2O11/c1-15(2)28(37)44-14-43-26-23(41-6)9-10-34-24(26)27(36)35-22-13-42-30(39)20(11-18-7-8-19(32)12-21(18)33)25(17(5)45-31(22)40)46-29(38)16(3)4/h7-10,12,15-17,20,22,25H,11,13-14H2,1-6H3,(H,35,36). The maximum absolute atomic E-state index is 14.6. The van der Waals surface area contributed by atoms with Gasteiger partial charge in [0.15, 0.2) is 29.3 Å². The Morgan fingerprint density at radius 1 is 1.04 bits per heavy atom. The van der Waals surface area contributed by atoms with Crippen molar-refractivity contribution < 1.29 is 61.2 Å². The fraction of sp³-hybridized carbons (Fsp3) is 0.484. The predicted molar refractivity (Wildman–Crippen MR) is 153 cm³/mol. The van der Waals surface area contributed by atoms with Crippen molar-refractivity contribution in [3.8, 4) is 11.5 Å². The number of aromatic nitrogens is 1. The molecule has 1 aliphatic rings. The molecule has 1 amide bonds. The molecule has 1 N–H and O–H groups in total. The van der Waals surface area contributed by atoms with Crippen LogP contribution >= 0.6 is 0 Å². The molecule has 1 aliphatic heterocycles. The highest BCUT2D eigenvalue weighted by atomic mass is 19.1. The monoisotopic (exact) mass is 650 g/mol. The molecular weight excluding hydrogens is 614 g/mol. The van der Waals surface area contributed by atoms with Crippen LogP contribution in [0.2, 0.25) is 0 Å². The summed E-state index contributed by atoms with van der Waals surface area (Å²) in [5.74, 6) is -8.69. The van der Waals surface area contributed by atoms with E-state index in [1.54, 1.807) is 27.7 Å². The third-order valence-electron chi connectivity index (χ3n) is 6.80. The average Bonchev–Trinajstić information content (AvgIpc) is 3.03. The second-order valence-corrected chi connectivity index (χ2v) is 11.0. The molecule has 46 heavy (non-hydrogen) atoms. The molecule has 1 aromatic carbocycles. The van der Waals surface area contributed by atoms with Gasteiger partial charge < -0.3 is 33.7 Å². The third-order valence-corrected chi connectivity index (χ3v) is 6.80. The second-order valence-electron chi connectivity index (χ2n) is 11.0. The van der Waals surface area contributed by atoms with Gasteiger partial charge in [-0.05, 0) is 25.0 Å². The first-order chi connectivity index (χ1) is 21.7. The summed E-state index contributed by atoms with van der Waals surface area (Å²) in [5.41, 5.74) is -0.437. The minimum Gasteiger partial charge on any atom is -0.493 e. The maximum Gasteiger partial charge on any atom is 0.332 e. The summed E-state index contributed by atoms with van der Waals surface area (Å²) in [6.45, 7) is 6.39. The zero-order valence-electron chi connectivity index (χ0n) is 26.2. The maximum atomic E-state index is 14.6. The molecule has 1 saturated heterocycles. The Labute approximate surface area is 263 Å². The van der Waals surface area contributed by atoms with Crippen LogP contribution < -0.4 is 14.8 Å². The van der Waals surface area contributed by atoms with E-state index in [1.807, 2.05) is 0 Å². The quantitative estimate of drug-likeness (QED) is 0.215. The minimum absolute atomic E-state index is 0.0588. The van der Waals surface area contributed by atoms with Crippen molar-refractivity contribution in [1.29, 1.82) is 0 Å². The fourth-order valence-electron chi connectivity index (χ4n) is 4.24. The molecule has 4 unspecified atom stereocenters. The first-order valence-corrected chi connectivity index (χ1v) is 14.4. The van der Waals surface area contributed by atoms with Crippen molar-refractivity contribution >= 4 is 29.8 Å². The molecule has 15 heteroatoms. The van der Waals surface area contributed by atoms with Crippen molar-refractivity contribution in [1.82, 2.24) is 10.3 Å². The normalized spacial score (nSPS) is 20.0. The SMILES string of the molecule is COc1ccnc(C(=O)NC2COC(=O)C(Cc3ccc(F)cc3F)C(OC(=O)C(C)C)C(C)OC2=O)c1OCOC(=O)C(C)C. The van der Waals surface area contributed by atoms with Crippen molar-refractivity contribution in [2.45, 2.75) is 59.3 Å². The lowest BCUT2D eigenvalue weighted by atomic mass is 9.90. The van der Waals surface area contributed by atoms with Crippen molar-refractivity contribution in [3.05, 3.63) is 53.4 Å². The number of hydrogen-bond donors (Lipinski definition) is 1. The number of methoxy groups -OCH3 is 1. The summed E-state index contributed by atoms with van der Waals surface area (Å²) in [4.78, 5) is 68.4. The number of esters is 4. The van der Waals surface area contributed by atoms with E-state index in [1.165, 1.54) is 26.3 Å². The van der Waals surface area contributed by atoms with Crippen LogP contribution in [0.15, 0.2) is 30.5 Å². The molecule has 0 aliphatic carbocycles. The first kappa shape index (κ1) is 35.7. The largest absolute Gasteiger partial charge is 0.493 e. The van der Waals surface area contributed by atoms with Gasteiger partial charge in [0.05, 0.1) is 18.9 Å².